The quantitative estimate of drug-likeness (QED) is 0.595. The van der Waals surface area contributed by atoms with Crippen molar-refractivity contribution in [3.8, 4) is 0 Å². The van der Waals surface area contributed by atoms with Crippen molar-refractivity contribution < 1.29 is 9.90 Å². The Morgan fingerprint density at radius 1 is 1.07 bits per heavy atom. The van der Waals surface area contributed by atoms with Crippen LogP contribution in [0.25, 0.3) is 0 Å². The van der Waals surface area contributed by atoms with Gasteiger partial charge in [-0.1, -0.05) is 66.2 Å². The number of hydrogen-bond acceptors (Lipinski definition) is 2. The summed E-state index contributed by atoms with van der Waals surface area (Å²) in [6, 6.07) is 7.17. The van der Waals surface area contributed by atoms with E-state index in [0.29, 0.717) is 11.2 Å². The highest BCUT2D eigenvalue weighted by Crippen LogP contribution is 2.40. The predicted octanol–water partition coefficient (Wildman–Crippen LogP) is 6.59. The third-order valence-corrected chi connectivity index (χ3v) is 7.42. The second-order valence-electron chi connectivity index (χ2n) is 10.3. The van der Waals surface area contributed by atoms with E-state index in [1.165, 1.54) is 42.4 Å². The van der Waals surface area contributed by atoms with Gasteiger partial charge in [0.15, 0.2) is 0 Å². The maximum atomic E-state index is 11.2. The van der Waals surface area contributed by atoms with Crippen LogP contribution < -0.4 is 0 Å². The molecular weight excluding hydrogens is 352 g/mol. The molecule has 0 bridgehead atoms. The van der Waals surface area contributed by atoms with E-state index in [9.17, 15) is 9.90 Å². The lowest BCUT2D eigenvalue weighted by molar-refractivity contribution is -0.136. The van der Waals surface area contributed by atoms with Gasteiger partial charge in [-0.2, -0.15) is 0 Å². The number of carboxylic acids is 1. The second-order valence-corrected chi connectivity index (χ2v) is 11.9. The molecule has 0 aromatic heterocycles. The lowest BCUT2D eigenvalue weighted by Crippen LogP contribution is -2.20. The van der Waals surface area contributed by atoms with E-state index < -0.39 is 5.97 Å². The maximum absolute atomic E-state index is 11.2. The van der Waals surface area contributed by atoms with Crippen LogP contribution in [0.4, 0.5) is 0 Å². The third kappa shape index (κ3) is 6.27. The van der Waals surface area contributed by atoms with E-state index in [2.05, 4.69) is 59.7 Å². The van der Waals surface area contributed by atoms with Crippen molar-refractivity contribution in [2.45, 2.75) is 102 Å². The fraction of sp³-hybridized carbons (Fsp3) is 0.708. The molecule has 2 rings (SSSR count). The molecule has 0 saturated heterocycles. The predicted molar refractivity (Wildman–Crippen MR) is 118 cm³/mol. The van der Waals surface area contributed by atoms with Crippen molar-refractivity contribution in [3.05, 3.63) is 34.9 Å². The van der Waals surface area contributed by atoms with Gasteiger partial charge in [-0.05, 0) is 66.0 Å². The van der Waals surface area contributed by atoms with Gasteiger partial charge in [-0.25, -0.2) is 0 Å². The first-order valence-electron chi connectivity index (χ1n) is 10.4. The zero-order valence-corrected chi connectivity index (χ0v) is 19.1. The Hall–Kier alpha value is -0.960. The number of benzene rings is 1. The Morgan fingerprint density at radius 2 is 1.63 bits per heavy atom. The van der Waals surface area contributed by atoms with Crippen LogP contribution in [0, 0.1) is 5.92 Å². The fourth-order valence-corrected chi connectivity index (χ4v) is 5.32. The SMILES string of the molecule is CC(S[C@@H]1CCC[C@H]1CCc1cc(C(C)(C)C)cc(C(C)(C)C)c1)C(=O)O. The third-order valence-electron chi connectivity index (χ3n) is 5.84. The number of thioether (sulfide) groups is 1. The Kier molecular flexibility index (Phi) is 7.11. The normalized spacial score (nSPS) is 22.0. The Bertz CT molecular complexity index is 619. The molecule has 1 aliphatic rings. The molecule has 1 aliphatic carbocycles. The summed E-state index contributed by atoms with van der Waals surface area (Å²) in [6.07, 6.45) is 5.92. The average molecular weight is 391 g/mol. The van der Waals surface area contributed by atoms with Crippen LogP contribution in [0.5, 0.6) is 0 Å². The van der Waals surface area contributed by atoms with E-state index in [4.69, 9.17) is 0 Å². The van der Waals surface area contributed by atoms with Crippen molar-refractivity contribution >= 4 is 17.7 Å². The number of hydrogen-bond donors (Lipinski definition) is 1. The molecule has 2 nitrogen and oxygen atoms in total. The highest BCUT2D eigenvalue weighted by atomic mass is 32.2. The molecule has 1 aromatic carbocycles. The summed E-state index contributed by atoms with van der Waals surface area (Å²) in [7, 11) is 0. The summed E-state index contributed by atoms with van der Waals surface area (Å²) >= 11 is 1.67. The molecule has 1 saturated carbocycles. The molecule has 27 heavy (non-hydrogen) atoms. The minimum atomic E-state index is -0.682. The van der Waals surface area contributed by atoms with Crippen molar-refractivity contribution in [1.29, 1.82) is 0 Å². The highest BCUT2D eigenvalue weighted by Gasteiger charge is 2.30. The molecule has 0 radical (unpaired) electrons. The summed E-state index contributed by atoms with van der Waals surface area (Å²) in [6.45, 7) is 15.5. The Balaban J connectivity index is 2.13. The second kappa shape index (κ2) is 8.59. The van der Waals surface area contributed by atoms with Gasteiger partial charge in [0.2, 0.25) is 0 Å². The minimum Gasteiger partial charge on any atom is -0.480 e. The molecule has 0 amide bonds. The van der Waals surface area contributed by atoms with Gasteiger partial charge < -0.3 is 5.11 Å². The lowest BCUT2D eigenvalue weighted by Gasteiger charge is -2.27. The zero-order valence-electron chi connectivity index (χ0n) is 18.3. The van der Waals surface area contributed by atoms with Crippen LogP contribution in [0.1, 0.15) is 90.8 Å². The van der Waals surface area contributed by atoms with Gasteiger partial charge in [-0.3, -0.25) is 4.79 Å². The van der Waals surface area contributed by atoms with Crippen molar-refractivity contribution in [1.82, 2.24) is 0 Å². The molecule has 1 fully saturated rings. The average Bonchev–Trinajstić information content (AvgIpc) is 2.98. The number of carbonyl (C=O) groups is 1. The number of aliphatic carboxylic acids is 1. The molecule has 1 unspecified atom stereocenters. The standard InChI is InChI=1S/C24H38O2S/c1-16(22(25)26)27-21-10-8-9-18(21)12-11-17-13-19(23(2,3)4)15-20(14-17)24(5,6)7/h13-16,18,21H,8-12H2,1-7H3,(H,25,26)/t16?,18-,21+/m0/s1. The van der Waals surface area contributed by atoms with Gasteiger partial charge in [0.1, 0.15) is 0 Å². The van der Waals surface area contributed by atoms with Gasteiger partial charge in [0.05, 0.1) is 5.25 Å². The highest BCUT2D eigenvalue weighted by molar-refractivity contribution is 8.01. The van der Waals surface area contributed by atoms with Crippen LogP contribution in [0.2, 0.25) is 0 Å². The van der Waals surface area contributed by atoms with Crippen LogP contribution >= 0.6 is 11.8 Å². The van der Waals surface area contributed by atoms with Crippen LogP contribution in [0.3, 0.4) is 0 Å². The molecule has 3 atom stereocenters. The first kappa shape index (κ1) is 22.3. The molecule has 1 aromatic rings. The Labute approximate surface area is 170 Å². The number of aryl methyl sites for hydroxylation is 1. The smallest absolute Gasteiger partial charge is 0.316 e. The largest absolute Gasteiger partial charge is 0.480 e. The van der Waals surface area contributed by atoms with E-state index in [1.807, 2.05) is 6.92 Å². The van der Waals surface area contributed by atoms with Gasteiger partial charge in [0, 0.05) is 5.25 Å². The first-order chi connectivity index (χ1) is 12.4. The van der Waals surface area contributed by atoms with Crippen molar-refractivity contribution in [3.63, 3.8) is 0 Å². The maximum Gasteiger partial charge on any atom is 0.316 e. The van der Waals surface area contributed by atoms with E-state index >= 15 is 0 Å². The summed E-state index contributed by atoms with van der Waals surface area (Å²) in [5.41, 5.74) is 4.58. The Morgan fingerprint density at radius 3 is 2.11 bits per heavy atom. The summed E-state index contributed by atoms with van der Waals surface area (Å²) in [4.78, 5) is 11.2. The van der Waals surface area contributed by atoms with Gasteiger partial charge in [0.25, 0.3) is 0 Å². The summed E-state index contributed by atoms with van der Waals surface area (Å²) in [5, 5.41) is 9.43. The van der Waals surface area contributed by atoms with E-state index in [0.717, 1.165) is 6.42 Å². The molecular formula is C24H38O2S. The molecule has 152 valence electrons. The summed E-state index contributed by atoms with van der Waals surface area (Å²) < 4.78 is 0. The van der Waals surface area contributed by atoms with Crippen LogP contribution in [-0.4, -0.2) is 21.6 Å². The summed E-state index contributed by atoms with van der Waals surface area (Å²) in [5.74, 6) is -0.0356. The molecule has 3 heteroatoms. The monoisotopic (exact) mass is 390 g/mol. The van der Waals surface area contributed by atoms with E-state index in [-0.39, 0.29) is 16.1 Å². The van der Waals surface area contributed by atoms with Crippen LogP contribution in [0.15, 0.2) is 18.2 Å². The zero-order chi connectivity index (χ0) is 20.4. The number of rotatable bonds is 6. The first-order valence-corrected chi connectivity index (χ1v) is 11.4. The van der Waals surface area contributed by atoms with Gasteiger partial charge >= 0.3 is 5.97 Å². The molecule has 1 N–H and O–H groups in total. The van der Waals surface area contributed by atoms with E-state index in [1.54, 1.807) is 11.8 Å². The molecule has 0 aliphatic heterocycles. The minimum absolute atomic E-state index is 0.151. The number of carboxylic acid groups (broad SMARTS) is 1. The lowest BCUT2D eigenvalue weighted by atomic mass is 9.79. The van der Waals surface area contributed by atoms with Crippen molar-refractivity contribution in [2.75, 3.05) is 0 Å². The molecule has 0 heterocycles. The molecule has 0 spiro atoms. The topological polar surface area (TPSA) is 37.3 Å². The van der Waals surface area contributed by atoms with Crippen LogP contribution in [-0.2, 0) is 22.0 Å². The fourth-order valence-electron chi connectivity index (χ4n) is 3.89. The van der Waals surface area contributed by atoms with Crippen molar-refractivity contribution in [2.24, 2.45) is 5.92 Å². The van der Waals surface area contributed by atoms with Gasteiger partial charge in [-0.15, -0.1) is 11.8 Å².